The molecule has 0 saturated carbocycles. The van der Waals surface area contributed by atoms with Gasteiger partial charge in [0.05, 0.1) is 19.1 Å². The Morgan fingerprint density at radius 3 is 1.42 bits per heavy atom. The number of carbonyl (C=O) groups excluding carboxylic acids is 4. The van der Waals surface area contributed by atoms with Crippen molar-refractivity contribution in [3.63, 3.8) is 0 Å². The Balaban J connectivity index is 4.81. The number of unbranched alkanes of at least 4 members (excludes halogenated alkanes) is 22. The molecule has 0 aliphatic carbocycles. The van der Waals surface area contributed by atoms with E-state index < -0.39 is 0 Å². The van der Waals surface area contributed by atoms with Crippen LogP contribution in [-0.4, -0.2) is 80.6 Å². The van der Waals surface area contributed by atoms with Gasteiger partial charge in [-0.25, -0.2) is 4.79 Å². The fourth-order valence-electron chi connectivity index (χ4n) is 8.11. The summed E-state index contributed by atoms with van der Waals surface area (Å²) < 4.78 is 11.3. The molecule has 0 aliphatic rings. The van der Waals surface area contributed by atoms with Crippen molar-refractivity contribution in [1.82, 2.24) is 15.1 Å². The second-order valence-electron chi connectivity index (χ2n) is 18.1. The van der Waals surface area contributed by atoms with E-state index in [4.69, 9.17) is 9.47 Å². The van der Waals surface area contributed by atoms with Crippen LogP contribution in [-0.2, 0) is 23.9 Å². The lowest BCUT2D eigenvalue weighted by Gasteiger charge is -2.25. The summed E-state index contributed by atoms with van der Waals surface area (Å²) in [6.45, 7) is 11.4. The molecule has 0 aromatic carbocycles. The van der Waals surface area contributed by atoms with Gasteiger partial charge in [0.2, 0.25) is 5.91 Å². The van der Waals surface area contributed by atoms with Crippen molar-refractivity contribution in [2.45, 2.75) is 246 Å². The Kier molecular flexibility index (Phi) is 41.9. The first kappa shape index (κ1) is 57.8. The average molecular weight is 850 g/mol. The Labute approximate surface area is 371 Å². The molecule has 2 atom stereocenters. The highest BCUT2D eigenvalue weighted by Gasteiger charge is 2.24. The molecule has 0 heterocycles. The summed E-state index contributed by atoms with van der Waals surface area (Å²) in [4.78, 5) is 55.2. The van der Waals surface area contributed by atoms with Gasteiger partial charge in [-0.1, -0.05) is 175 Å². The fourth-order valence-corrected chi connectivity index (χ4v) is 8.11. The lowest BCUT2D eigenvalue weighted by Crippen LogP contribution is -2.45. The van der Waals surface area contributed by atoms with E-state index in [9.17, 15) is 19.2 Å². The third-order valence-corrected chi connectivity index (χ3v) is 12.0. The van der Waals surface area contributed by atoms with Gasteiger partial charge in [-0.05, 0) is 84.8 Å². The van der Waals surface area contributed by atoms with Gasteiger partial charge in [-0.3, -0.25) is 19.3 Å². The minimum Gasteiger partial charge on any atom is -0.466 e. The molecule has 2 unspecified atom stereocenters. The number of imide groups is 1. The maximum Gasteiger partial charge on any atom is 0.324 e. The Bertz CT molecular complexity index is 1010. The molecule has 9 heteroatoms. The van der Waals surface area contributed by atoms with E-state index in [1.54, 1.807) is 0 Å². The molecule has 9 nitrogen and oxygen atoms in total. The van der Waals surface area contributed by atoms with Crippen molar-refractivity contribution >= 4 is 23.9 Å². The molecule has 354 valence electrons. The zero-order valence-corrected chi connectivity index (χ0v) is 40.6. The molecule has 3 amide bonds. The summed E-state index contributed by atoms with van der Waals surface area (Å²) in [6, 6.07) is -0.283. The van der Waals surface area contributed by atoms with Crippen LogP contribution < -0.4 is 5.32 Å². The van der Waals surface area contributed by atoms with Crippen LogP contribution in [0.3, 0.4) is 0 Å². The fraction of sp³-hybridized carbons (Fsp3) is 0.922. The molecular formula is C51H99N3O6. The Hall–Kier alpha value is -2.16. The third-order valence-electron chi connectivity index (χ3n) is 12.0. The maximum atomic E-state index is 13.6. The van der Waals surface area contributed by atoms with Crippen molar-refractivity contribution in [1.29, 1.82) is 0 Å². The highest BCUT2D eigenvalue weighted by molar-refractivity contribution is 5.94. The molecule has 0 radical (unpaired) electrons. The maximum absolute atomic E-state index is 13.6. The third kappa shape index (κ3) is 36.5. The van der Waals surface area contributed by atoms with Crippen molar-refractivity contribution in [3.8, 4) is 0 Å². The number of rotatable bonds is 44. The van der Waals surface area contributed by atoms with E-state index in [2.05, 4.69) is 31.0 Å². The number of hydrogen-bond acceptors (Lipinski definition) is 7. The number of ether oxygens (including phenoxy) is 2. The highest BCUT2D eigenvalue weighted by Crippen LogP contribution is 2.24. The number of nitrogens with one attached hydrogen (secondary N) is 1. The van der Waals surface area contributed by atoms with Crippen LogP contribution in [0.4, 0.5) is 4.79 Å². The van der Waals surface area contributed by atoms with Gasteiger partial charge in [-0.15, -0.1) is 0 Å². The Morgan fingerprint density at radius 1 is 0.483 bits per heavy atom. The Morgan fingerprint density at radius 2 is 0.917 bits per heavy atom. The average Bonchev–Trinajstić information content (AvgIpc) is 3.22. The SMILES string of the molecule is CCCCCCCCCC(=O)OCCCCCCCC(CCCCCCCOC(=O)C(CCCCCC)CCCCCCCC)CC(=O)N(CCCN(C)C)C(=O)NCC. The lowest BCUT2D eigenvalue weighted by atomic mass is 9.91. The van der Waals surface area contributed by atoms with Crippen LogP contribution in [0.15, 0.2) is 0 Å². The normalized spacial score (nSPS) is 12.4. The quantitative estimate of drug-likeness (QED) is 0.0481. The van der Waals surface area contributed by atoms with Gasteiger partial charge in [-0.2, -0.15) is 0 Å². The van der Waals surface area contributed by atoms with Crippen LogP contribution in [0.25, 0.3) is 0 Å². The number of carbonyl (C=O) groups is 4. The molecule has 0 aliphatic heterocycles. The first-order valence-corrected chi connectivity index (χ1v) is 25.7. The number of nitrogens with zero attached hydrogens (tertiary/aromatic N) is 2. The first-order valence-electron chi connectivity index (χ1n) is 25.7. The van der Waals surface area contributed by atoms with Crippen LogP contribution in [0.1, 0.15) is 246 Å². The highest BCUT2D eigenvalue weighted by atomic mass is 16.5. The summed E-state index contributed by atoms with van der Waals surface area (Å²) in [6.07, 6.45) is 36.6. The van der Waals surface area contributed by atoms with Crippen molar-refractivity contribution in [3.05, 3.63) is 0 Å². The van der Waals surface area contributed by atoms with Crippen molar-refractivity contribution in [2.75, 3.05) is 46.9 Å². The molecule has 0 spiro atoms. The summed E-state index contributed by atoms with van der Waals surface area (Å²) in [5.74, 6) is 0.202. The second-order valence-corrected chi connectivity index (χ2v) is 18.1. The summed E-state index contributed by atoms with van der Waals surface area (Å²) in [7, 11) is 4.02. The predicted octanol–water partition coefficient (Wildman–Crippen LogP) is 13.7. The van der Waals surface area contributed by atoms with Gasteiger partial charge < -0.3 is 19.7 Å². The molecule has 0 bridgehead atoms. The van der Waals surface area contributed by atoms with E-state index in [1.807, 2.05) is 21.0 Å². The largest absolute Gasteiger partial charge is 0.466 e. The number of esters is 2. The monoisotopic (exact) mass is 850 g/mol. The molecular weight excluding hydrogens is 751 g/mol. The van der Waals surface area contributed by atoms with Gasteiger partial charge in [0, 0.05) is 25.9 Å². The summed E-state index contributed by atoms with van der Waals surface area (Å²) in [5.41, 5.74) is 0. The van der Waals surface area contributed by atoms with Gasteiger partial charge in [0.1, 0.15) is 0 Å². The zero-order chi connectivity index (χ0) is 44.3. The summed E-state index contributed by atoms with van der Waals surface area (Å²) >= 11 is 0. The van der Waals surface area contributed by atoms with E-state index in [0.717, 1.165) is 129 Å². The first-order chi connectivity index (χ1) is 29.2. The smallest absolute Gasteiger partial charge is 0.324 e. The minimum absolute atomic E-state index is 0.0217. The minimum atomic E-state index is -0.283. The second kappa shape index (κ2) is 43.5. The number of hydrogen-bond donors (Lipinski definition) is 1. The zero-order valence-electron chi connectivity index (χ0n) is 40.6. The molecule has 0 aromatic heterocycles. The van der Waals surface area contributed by atoms with E-state index in [1.165, 1.54) is 88.4 Å². The topological polar surface area (TPSA) is 105 Å². The molecule has 0 fully saturated rings. The standard InChI is InChI=1S/C51H99N3O6/c1-7-11-14-17-19-25-32-40-49(56)59-43-33-26-20-22-28-36-46(45-48(55)54(51(58)52-10-4)42-35-41-53(5)6)37-29-23-21-27-34-44-60-50(57)47(38-30-16-13-9-3)39-31-24-18-15-12-8-2/h46-47H,7-45H2,1-6H3,(H,52,58). The van der Waals surface area contributed by atoms with E-state index in [0.29, 0.717) is 39.1 Å². The molecule has 0 rings (SSSR count). The van der Waals surface area contributed by atoms with Gasteiger partial charge in [0.15, 0.2) is 0 Å². The molecule has 0 aromatic rings. The van der Waals surface area contributed by atoms with Crippen molar-refractivity contribution < 1.29 is 28.7 Å². The van der Waals surface area contributed by atoms with Crippen LogP contribution in [0.2, 0.25) is 0 Å². The number of urea groups is 1. The van der Waals surface area contributed by atoms with E-state index >= 15 is 0 Å². The van der Waals surface area contributed by atoms with Gasteiger partial charge in [0.25, 0.3) is 0 Å². The van der Waals surface area contributed by atoms with Gasteiger partial charge >= 0.3 is 18.0 Å². The van der Waals surface area contributed by atoms with Crippen molar-refractivity contribution in [2.24, 2.45) is 11.8 Å². The predicted molar refractivity (Wildman–Crippen MR) is 252 cm³/mol. The number of amides is 3. The lowest BCUT2D eigenvalue weighted by molar-refractivity contribution is -0.149. The van der Waals surface area contributed by atoms with Crippen LogP contribution >= 0.6 is 0 Å². The van der Waals surface area contributed by atoms with Crippen LogP contribution in [0, 0.1) is 11.8 Å². The molecule has 60 heavy (non-hydrogen) atoms. The summed E-state index contributed by atoms with van der Waals surface area (Å²) in [5, 5.41) is 2.85. The molecule has 1 N–H and O–H groups in total. The van der Waals surface area contributed by atoms with Crippen LogP contribution in [0.5, 0.6) is 0 Å². The molecule has 0 saturated heterocycles. The van der Waals surface area contributed by atoms with E-state index in [-0.39, 0.29) is 35.7 Å².